The molecule has 1 saturated heterocycles. The molecule has 13 nitrogen and oxygen atoms in total. The number of nitrogens with zero attached hydrogens (tertiary/aromatic N) is 4. The number of amides is 1. The van der Waals surface area contributed by atoms with Gasteiger partial charge in [-0.15, -0.1) is 0 Å². The van der Waals surface area contributed by atoms with Crippen LogP contribution in [0.5, 0.6) is 0 Å². The van der Waals surface area contributed by atoms with Crippen LogP contribution in [0.4, 0.5) is 0 Å². The fourth-order valence-electron chi connectivity index (χ4n) is 2.78. The Morgan fingerprint density at radius 3 is 2.79 bits per heavy atom. The predicted molar refractivity (Wildman–Crippen MR) is 94.3 cm³/mol. The standard InChI is InChI=1S/C15H22N6O7/c16-20-18-4-1-3-17-10(23)2-5-21-6-8(14(26)19-15(21)27)13-12(25)11(24)9(7-22)28-13/h6,9,11-13,22,24-25H,1-5,7H2,(H,17,23)(H,19,26,27)/t9-,11?,12+,13+/m1/s1. The molecule has 1 fully saturated rings. The second kappa shape index (κ2) is 10.0. The average Bonchev–Trinajstić information content (AvgIpc) is 2.95. The minimum Gasteiger partial charge on any atom is -0.394 e. The van der Waals surface area contributed by atoms with Gasteiger partial charge in [-0.2, -0.15) is 0 Å². The highest BCUT2D eigenvalue weighted by atomic mass is 16.6. The first-order valence-corrected chi connectivity index (χ1v) is 8.62. The molecular formula is C15H22N6O7. The lowest BCUT2D eigenvalue weighted by Gasteiger charge is -2.15. The zero-order valence-electron chi connectivity index (χ0n) is 14.9. The van der Waals surface area contributed by atoms with Gasteiger partial charge in [0.15, 0.2) is 0 Å². The fourth-order valence-corrected chi connectivity index (χ4v) is 2.78. The highest BCUT2D eigenvalue weighted by molar-refractivity contribution is 5.75. The van der Waals surface area contributed by atoms with E-state index in [0.29, 0.717) is 13.0 Å². The van der Waals surface area contributed by atoms with Crippen molar-refractivity contribution in [3.05, 3.63) is 43.0 Å². The highest BCUT2D eigenvalue weighted by Gasteiger charge is 2.44. The van der Waals surface area contributed by atoms with E-state index in [0.717, 1.165) is 10.8 Å². The van der Waals surface area contributed by atoms with E-state index in [1.165, 1.54) is 0 Å². The summed E-state index contributed by atoms with van der Waals surface area (Å²) < 4.78 is 6.40. The summed E-state index contributed by atoms with van der Waals surface area (Å²) in [7, 11) is 0. The van der Waals surface area contributed by atoms with Gasteiger partial charge in [0, 0.05) is 37.2 Å². The molecule has 1 aromatic rings. The molecule has 0 spiro atoms. The number of rotatable bonds is 9. The van der Waals surface area contributed by atoms with E-state index in [1.54, 1.807) is 0 Å². The molecule has 0 bridgehead atoms. The number of ether oxygens (including phenoxy) is 1. The lowest BCUT2D eigenvalue weighted by molar-refractivity contribution is -0.121. The van der Waals surface area contributed by atoms with E-state index in [2.05, 4.69) is 20.3 Å². The van der Waals surface area contributed by atoms with Crippen molar-refractivity contribution >= 4 is 5.91 Å². The Morgan fingerprint density at radius 1 is 1.39 bits per heavy atom. The Hall–Kier alpha value is -2.70. The van der Waals surface area contributed by atoms with Crippen LogP contribution in [0.15, 0.2) is 20.9 Å². The van der Waals surface area contributed by atoms with Gasteiger partial charge in [0.05, 0.1) is 12.2 Å². The van der Waals surface area contributed by atoms with Gasteiger partial charge >= 0.3 is 5.69 Å². The summed E-state index contributed by atoms with van der Waals surface area (Å²) in [6.07, 6.45) is -3.54. The molecule has 4 atom stereocenters. The molecule has 1 amide bonds. The van der Waals surface area contributed by atoms with Crippen molar-refractivity contribution in [2.24, 2.45) is 5.11 Å². The number of aromatic amines is 1. The number of nitrogens with one attached hydrogen (secondary N) is 2. The van der Waals surface area contributed by atoms with E-state index in [4.69, 9.17) is 15.4 Å². The Balaban J connectivity index is 2.03. The van der Waals surface area contributed by atoms with Crippen molar-refractivity contribution in [2.75, 3.05) is 19.7 Å². The molecule has 1 aliphatic rings. The van der Waals surface area contributed by atoms with E-state index >= 15 is 0 Å². The highest BCUT2D eigenvalue weighted by Crippen LogP contribution is 2.31. The number of aryl methyl sites for hydroxylation is 1. The quantitative estimate of drug-likeness (QED) is 0.135. The van der Waals surface area contributed by atoms with Crippen LogP contribution < -0.4 is 16.6 Å². The zero-order chi connectivity index (χ0) is 20.7. The molecule has 1 aromatic heterocycles. The van der Waals surface area contributed by atoms with E-state index in [9.17, 15) is 24.6 Å². The normalized spacial score (nSPS) is 24.0. The molecule has 13 heteroatoms. The largest absolute Gasteiger partial charge is 0.394 e. The average molecular weight is 398 g/mol. The third kappa shape index (κ3) is 5.18. The Bertz CT molecular complexity index is 846. The van der Waals surface area contributed by atoms with Crippen LogP contribution in [-0.4, -0.2) is 68.8 Å². The van der Waals surface area contributed by atoms with Crippen LogP contribution >= 0.6 is 0 Å². The minimum atomic E-state index is -1.46. The third-order valence-electron chi connectivity index (χ3n) is 4.29. The molecule has 28 heavy (non-hydrogen) atoms. The van der Waals surface area contributed by atoms with E-state index in [1.807, 2.05) is 0 Å². The first kappa shape index (κ1) is 21.6. The van der Waals surface area contributed by atoms with Gasteiger partial charge in [-0.3, -0.25) is 19.1 Å². The van der Waals surface area contributed by atoms with Gasteiger partial charge in [-0.05, 0) is 12.0 Å². The molecule has 0 aliphatic carbocycles. The van der Waals surface area contributed by atoms with Gasteiger partial charge in [0.1, 0.15) is 24.4 Å². The number of H-pyrrole nitrogens is 1. The maximum Gasteiger partial charge on any atom is 0.328 e. The SMILES string of the molecule is [N-]=[N+]=NCCCNC(=O)CCn1cc([C@@H]2O[C@H](CO)C(O)[C@@H]2O)c(=O)[nH]c1=O. The fraction of sp³-hybridized carbons (Fsp3) is 0.667. The van der Waals surface area contributed by atoms with Gasteiger partial charge in [0.25, 0.3) is 5.56 Å². The first-order valence-electron chi connectivity index (χ1n) is 8.62. The molecule has 0 radical (unpaired) electrons. The number of aliphatic hydroxyl groups is 3. The van der Waals surface area contributed by atoms with Crippen molar-refractivity contribution in [3.63, 3.8) is 0 Å². The Kier molecular flexibility index (Phi) is 7.72. The summed E-state index contributed by atoms with van der Waals surface area (Å²) in [4.78, 5) is 40.5. The van der Waals surface area contributed by atoms with Crippen LogP contribution in [0, 0.1) is 0 Å². The second-order valence-electron chi connectivity index (χ2n) is 6.20. The Labute approximate surface area is 158 Å². The molecule has 0 aromatic carbocycles. The molecule has 154 valence electrons. The topological polar surface area (TPSA) is 203 Å². The second-order valence-corrected chi connectivity index (χ2v) is 6.20. The van der Waals surface area contributed by atoms with Gasteiger partial charge in [-0.1, -0.05) is 5.11 Å². The summed E-state index contributed by atoms with van der Waals surface area (Å²) in [6, 6.07) is 0. The van der Waals surface area contributed by atoms with Gasteiger partial charge in [-0.25, -0.2) is 4.79 Å². The molecular weight excluding hydrogens is 376 g/mol. The molecule has 2 heterocycles. The Morgan fingerprint density at radius 2 is 2.14 bits per heavy atom. The van der Waals surface area contributed by atoms with E-state index in [-0.39, 0.29) is 31.0 Å². The number of azide groups is 1. The van der Waals surface area contributed by atoms with Crippen molar-refractivity contribution < 1.29 is 24.9 Å². The van der Waals surface area contributed by atoms with Crippen molar-refractivity contribution in [1.29, 1.82) is 0 Å². The number of carbonyl (C=O) groups is 1. The summed E-state index contributed by atoms with van der Waals surface area (Å²) in [5.41, 5.74) is 6.52. The number of aliphatic hydroxyl groups excluding tert-OH is 3. The molecule has 1 aliphatic heterocycles. The lowest BCUT2D eigenvalue weighted by Crippen LogP contribution is -2.36. The third-order valence-corrected chi connectivity index (χ3v) is 4.29. The van der Waals surface area contributed by atoms with Crippen molar-refractivity contribution in [2.45, 2.75) is 43.8 Å². The smallest absolute Gasteiger partial charge is 0.328 e. The number of hydrogen-bond acceptors (Lipinski definition) is 8. The molecule has 1 unspecified atom stereocenters. The van der Waals surface area contributed by atoms with E-state index < -0.39 is 42.3 Å². The van der Waals surface area contributed by atoms with Crippen LogP contribution in [-0.2, 0) is 16.1 Å². The van der Waals surface area contributed by atoms with Gasteiger partial charge in [0.2, 0.25) is 5.91 Å². The lowest BCUT2D eigenvalue weighted by atomic mass is 10.0. The predicted octanol–water partition coefficient (Wildman–Crippen LogP) is -2.10. The summed E-state index contributed by atoms with van der Waals surface area (Å²) >= 11 is 0. The molecule has 5 N–H and O–H groups in total. The van der Waals surface area contributed by atoms with Gasteiger partial charge < -0.3 is 25.4 Å². The van der Waals surface area contributed by atoms with Crippen LogP contribution in [0.3, 0.4) is 0 Å². The maximum absolute atomic E-state index is 12.1. The summed E-state index contributed by atoms with van der Waals surface area (Å²) in [5.74, 6) is -0.339. The number of hydrogen-bond donors (Lipinski definition) is 5. The van der Waals surface area contributed by atoms with Crippen molar-refractivity contribution in [1.82, 2.24) is 14.9 Å². The van der Waals surface area contributed by atoms with Crippen molar-refractivity contribution in [3.8, 4) is 0 Å². The first-order chi connectivity index (χ1) is 13.4. The molecule has 2 rings (SSSR count). The van der Waals surface area contributed by atoms with Crippen LogP contribution in [0.25, 0.3) is 10.4 Å². The summed E-state index contributed by atoms with van der Waals surface area (Å²) in [6.45, 7) is -0.0260. The van der Waals surface area contributed by atoms with Crippen LogP contribution in [0.1, 0.15) is 24.5 Å². The monoisotopic (exact) mass is 398 g/mol. The number of carbonyl (C=O) groups excluding carboxylic acids is 1. The zero-order valence-corrected chi connectivity index (χ0v) is 14.9. The molecule has 0 saturated carbocycles. The summed E-state index contributed by atoms with van der Waals surface area (Å²) in [5, 5.41) is 35.0. The minimum absolute atomic E-state index is 0.0421. The number of aromatic nitrogens is 2. The maximum atomic E-state index is 12.1. The van der Waals surface area contributed by atoms with Crippen LogP contribution in [0.2, 0.25) is 0 Å².